The first-order valence-electron chi connectivity index (χ1n) is 5.45. The highest BCUT2D eigenvalue weighted by molar-refractivity contribution is 9.10. The Morgan fingerprint density at radius 1 is 1.06 bits per heavy atom. The Labute approximate surface area is 108 Å². The Kier molecular flexibility index (Phi) is 2.48. The number of benzene rings is 1. The normalized spacial score (nSPS) is 10.9. The lowest BCUT2D eigenvalue weighted by molar-refractivity contribution is 1.16. The molecular formula is C14H11BrN2. The molecule has 3 rings (SSSR count). The second kappa shape index (κ2) is 4.00. The summed E-state index contributed by atoms with van der Waals surface area (Å²) < 4.78 is 2.98. The molecule has 0 unspecified atom stereocenters. The van der Waals surface area contributed by atoms with E-state index in [1.807, 2.05) is 18.3 Å². The van der Waals surface area contributed by atoms with E-state index in [2.05, 4.69) is 62.6 Å². The van der Waals surface area contributed by atoms with Crippen molar-refractivity contribution in [2.24, 2.45) is 0 Å². The molecule has 0 aliphatic rings. The average Bonchev–Trinajstić information content (AvgIpc) is 2.69. The predicted octanol–water partition coefficient (Wildman–Crippen LogP) is 4.07. The van der Waals surface area contributed by atoms with Crippen LogP contribution in [0, 0.1) is 6.92 Å². The van der Waals surface area contributed by atoms with Crippen molar-refractivity contribution in [3.05, 3.63) is 58.8 Å². The number of halogens is 1. The molecule has 0 saturated heterocycles. The summed E-state index contributed by atoms with van der Waals surface area (Å²) in [7, 11) is 0. The maximum atomic E-state index is 4.57. The van der Waals surface area contributed by atoms with Gasteiger partial charge in [-0.05, 0) is 35.0 Å². The van der Waals surface area contributed by atoms with Crippen LogP contribution in [0.1, 0.15) is 5.56 Å². The van der Waals surface area contributed by atoms with Crippen molar-refractivity contribution in [3.63, 3.8) is 0 Å². The zero-order valence-corrected chi connectivity index (χ0v) is 11.0. The summed E-state index contributed by atoms with van der Waals surface area (Å²) in [6.45, 7) is 2.09. The van der Waals surface area contributed by atoms with Crippen LogP contribution in [0.3, 0.4) is 0 Å². The minimum absolute atomic E-state index is 0.883. The fraction of sp³-hybridized carbons (Fsp3) is 0.0714. The summed E-state index contributed by atoms with van der Waals surface area (Å²) in [5, 5.41) is 0. The monoisotopic (exact) mass is 286 g/mol. The number of pyridine rings is 1. The van der Waals surface area contributed by atoms with Crippen LogP contribution >= 0.6 is 15.9 Å². The summed E-state index contributed by atoms with van der Waals surface area (Å²) in [4.78, 5) is 4.57. The van der Waals surface area contributed by atoms with Crippen molar-refractivity contribution >= 4 is 21.4 Å². The summed E-state index contributed by atoms with van der Waals surface area (Å²) in [6, 6.07) is 14.5. The summed E-state index contributed by atoms with van der Waals surface area (Å²) in [5.41, 5.74) is 3.47. The Bertz CT molecular complexity index is 668. The first-order valence-corrected chi connectivity index (χ1v) is 6.24. The number of nitrogens with zero attached hydrogens (tertiary/aromatic N) is 2. The molecule has 3 aromatic rings. The van der Waals surface area contributed by atoms with Gasteiger partial charge in [0.2, 0.25) is 0 Å². The molecule has 0 atom stereocenters. The van der Waals surface area contributed by atoms with Gasteiger partial charge in [0.1, 0.15) is 10.4 Å². The van der Waals surface area contributed by atoms with Crippen LogP contribution in [0.25, 0.3) is 16.9 Å². The molecule has 2 nitrogen and oxygen atoms in total. The van der Waals surface area contributed by atoms with E-state index < -0.39 is 0 Å². The van der Waals surface area contributed by atoms with Gasteiger partial charge in [-0.25, -0.2) is 4.98 Å². The van der Waals surface area contributed by atoms with Gasteiger partial charge in [-0.3, -0.25) is 4.40 Å². The number of aromatic nitrogens is 2. The minimum Gasteiger partial charge on any atom is -0.299 e. The molecule has 0 fully saturated rings. The Morgan fingerprint density at radius 3 is 2.59 bits per heavy atom. The Morgan fingerprint density at radius 2 is 1.82 bits per heavy atom. The highest BCUT2D eigenvalue weighted by Gasteiger charge is 2.09. The lowest BCUT2D eigenvalue weighted by Gasteiger charge is -2.01. The van der Waals surface area contributed by atoms with E-state index in [1.165, 1.54) is 5.56 Å². The molecule has 2 heterocycles. The molecule has 2 aromatic heterocycles. The number of hydrogen-bond acceptors (Lipinski definition) is 1. The molecule has 0 aliphatic heterocycles. The van der Waals surface area contributed by atoms with E-state index >= 15 is 0 Å². The van der Waals surface area contributed by atoms with Crippen LogP contribution in [-0.4, -0.2) is 9.38 Å². The molecule has 3 heteroatoms. The molecule has 0 saturated carbocycles. The predicted molar refractivity (Wildman–Crippen MR) is 73.1 cm³/mol. The summed E-state index contributed by atoms with van der Waals surface area (Å²) in [6.07, 6.45) is 2.03. The molecular weight excluding hydrogens is 276 g/mol. The van der Waals surface area contributed by atoms with E-state index in [4.69, 9.17) is 0 Å². The highest BCUT2D eigenvalue weighted by atomic mass is 79.9. The molecule has 0 bridgehead atoms. The zero-order valence-electron chi connectivity index (χ0n) is 9.39. The van der Waals surface area contributed by atoms with E-state index in [1.54, 1.807) is 0 Å². The molecule has 0 radical (unpaired) electrons. The van der Waals surface area contributed by atoms with Gasteiger partial charge in [0.15, 0.2) is 0 Å². The standard InChI is InChI=1S/C14H11BrN2/c1-10-5-7-11(8-6-10)14-16-13(15)12-4-2-3-9-17(12)14/h2-9H,1H3. The fourth-order valence-electron chi connectivity index (χ4n) is 1.91. The third kappa shape index (κ3) is 1.76. The topological polar surface area (TPSA) is 17.3 Å². The van der Waals surface area contributed by atoms with Crippen LogP contribution in [0.2, 0.25) is 0 Å². The van der Waals surface area contributed by atoms with Gasteiger partial charge in [-0.2, -0.15) is 0 Å². The molecule has 0 aliphatic carbocycles. The first kappa shape index (κ1) is 10.5. The molecule has 0 N–H and O–H groups in total. The Hall–Kier alpha value is -1.61. The van der Waals surface area contributed by atoms with Crippen LogP contribution in [0.15, 0.2) is 53.3 Å². The van der Waals surface area contributed by atoms with Crippen LogP contribution in [0.5, 0.6) is 0 Å². The lowest BCUT2D eigenvalue weighted by Crippen LogP contribution is -1.88. The van der Waals surface area contributed by atoms with E-state index in [0.717, 1.165) is 21.5 Å². The van der Waals surface area contributed by atoms with Crippen molar-refractivity contribution in [1.29, 1.82) is 0 Å². The van der Waals surface area contributed by atoms with E-state index in [9.17, 15) is 0 Å². The lowest BCUT2D eigenvalue weighted by atomic mass is 10.1. The second-order valence-corrected chi connectivity index (χ2v) is 4.80. The highest BCUT2D eigenvalue weighted by Crippen LogP contribution is 2.25. The number of hydrogen-bond donors (Lipinski definition) is 0. The van der Waals surface area contributed by atoms with Gasteiger partial charge < -0.3 is 0 Å². The number of aryl methyl sites for hydroxylation is 1. The van der Waals surface area contributed by atoms with Crippen molar-refractivity contribution in [2.75, 3.05) is 0 Å². The van der Waals surface area contributed by atoms with Gasteiger partial charge in [-0.1, -0.05) is 35.9 Å². The average molecular weight is 287 g/mol. The van der Waals surface area contributed by atoms with Crippen molar-refractivity contribution in [1.82, 2.24) is 9.38 Å². The maximum Gasteiger partial charge on any atom is 0.145 e. The number of imidazole rings is 1. The number of rotatable bonds is 1. The molecule has 1 aromatic carbocycles. The third-order valence-corrected chi connectivity index (χ3v) is 3.40. The SMILES string of the molecule is Cc1ccc(-c2nc(Br)c3ccccn23)cc1. The molecule has 0 spiro atoms. The first-order chi connectivity index (χ1) is 8.25. The quantitative estimate of drug-likeness (QED) is 0.659. The largest absolute Gasteiger partial charge is 0.299 e. The van der Waals surface area contributed by atoms with Gasteiger partial charge in [0.25, 0.3) is 0 Å². The summed E-state index contributed by atoms with van der Waals surface area (Å²) in [5.74, 6) is 0.965. The Balaban J connectivity index is 2.27. The molecule has 0 amide bonds. The van der Waals surface area contributed by atoms with Crippen LogP contribution in [-0.2, 0) is 0 Å². The zero-order chi connectivity index (χ0) is 11.8. The third-order valence-electron chi connectivity index (χ3n) is 2.81. The van der Waals surface area contributed by atoms with E-state index in [-0.39, 0.29) is 0 Å². The maximum absolute atomic E-state index is 4.57. The molecule has 84 valence electrons. The van der Waals surface area contributed by atoms with Crippen molar-refractivity contribution < 1.29 is 0 Å². The van der Waals surface area contributed by atoms with Crippen molar-refractivity contribution in [2.45, 2.75) is 6.92 Å². The van der Waals surface area contributed by atoms with Gasteiger partial charge >= 0.3 is 0 Å². The van der Waals surface area contributed by atoms with Gasteiger partial charge in [0.05, 0.1) is 5.52 Å². The minimum atomic E-state index is 0.883. The molecule has 17 heavy (non-hydrogen) atoms. The van der Waals surface area contributed by atoms with Gasteiger partial charge in [0, 0.05) is 11.8 Å². The van der Waals surface area contributed by atoms with Gasteiger partial charge in [-0.15, -0.1) is 0 Å². The fourth-order valence-corrected chi connectivity index (χ4v) is 2.40. The number of fused-ring (bicyclic) bond motifs is 1. The van der Waals surface area contributed by atoms with Crippen LogP contribution < -0.4 is 0 Å². The summed E-state index contributed by atoms with van der Waals surface area (Å²) >= 11 is 3.50. The smallest absolute Gasteiger partial charge is 0.145 e. The second-order valence-electron chi connectivity index (χ2n) is 4.05. The van der Waals surface area contributed by atoms with Crippen molar-refractivity contribution in [3.8, 4) is 11.4 Å². The van der Waals surface area contributed by atoms with Crippen LogP contribution in [0.4, 0.5) is 0 Å². The van der Waals surface area contributed by atoms with E-state index in [0.29, 0.717) is 0 Å².